The molecule has 0 bridgehead atoms. The Hall–Kier alpha value is -1.32. The number of hydrogen-bond acceptors (Lipinski definition) is 1. The predicted octanol–water partition coefficient (Wildman–Crippen LogP) is 4.78. The molecule has 2 rings (SSSR count). The Balaban J connectivity index is 2.57. The second kappa shape index (κ2) is 4.34. The van der Waals surface area contributed by atoms with Crippen molar-refractivity contribution in [2.75, 3.05) is 0 Å². The van der Waals surface area contributed by atoms with E-state index in [1.807, 2.05) is 13.8 Å². The molecule has 1 aliphatic rings. The largest absolute Gasteiger partial charge is 0.454 e. The summed E-state index contributed by atoms with van der Waals surface area (Å²) in [7, 11) is 0. The van der Waals surface area contributed by atoms with Crippen molar-refractivity contribution in [3.8, 4) is 0 Å². The molecule has 0 aromatic heterocycles. The first-order valence-corrected chi connectivity index (χ1v) is 6.72. The van der Waals surface area contributed by atoms with E-state index in [-0.39, 0.29) is 16.4 Å². The molecular formula is C16H19F3O. The average Bonchev–Trinajstić information content (AvgIpc) is 2.33. The maximum atomic E-state index is 12.6. The van der Waals surface area contributed by atoms with Crippen molar-refractivity contribution in [3.63, 3.8) is 0 Å². The zero-order valence-electron chi connectivity index (χ0n) is 12.2. The highest BCUT2D eigenvalue weighted by atomic mass is 19.4. The van der Waals surface area contributed by atoms with E-state index in [2.05, 4.69) is 13.8 Å². The highest BCUT2D eigenvalue weighted by Gasteiger charge is 2.42. The topological polar surface area (TPSA) is 17.1 Å². The van der Waals surface area contributed by atoms with Crippen LogP contribution in [-0.2, 0) is 10.8 Å². The standard InChI is InChI=1S/C16H19F3O/c1-14(2)7-8-15(3,4)12-9-10(5-6-11(12)14)13(20)16(17,18)19/h5-6,9H,7-8H2,1-4H3. The lowest BCUT2D eigenvalue weighted by Crippen LogP contribution is -2.34. The van der Waals surface area contributed by atoms with E-state index in [1.165, 1.54) is 12.1 Å². The third kappa shape index (κ3) is 2.48. The van der Waals surface area contributed by atoms with Crippen molar-refractivity contribution < 1.29 is 18.0 Å². The Morgan fingerprint density at radius 1 is 1.00 bits per heavy atom. The number of alkyl halides is 3. The Kier molecular flexibility index (Phi) is 3.27. The first kappa shape index (κ1) is 15.1. The van der Waals surface area contributed by atoms with E-state index >= 15 is 0 Å². The molecule has 1 aliphatic carbocycles. The van der Waals surface area contributed by atoms with Crippen LogP contribution in [0.2, 0.25) is 0 Å². The van der Waals surface area contributed by atoms with Gasteiger partial charge in [-0.25, -0.2) is 0 Å². The number of carbonyl (C=O) groups excluding carboxylic acids is 1. The Labute approximate surface area is 117 Å². The lowest BCUT2D eigenvalue weighted by Gasteiger charge is -2.42. The fourth-order valence-electron chi connectivity index (χ4n) is 2.89. The molecule has 4 heteroatoms. The van der Waals surface area contributed by atoms with Crippen molar-refractivity contribution >= 4 is 5.78 Å². The summed E-state index contributed by atoms with van der Waals surface area (Å²) in [6, 6.07) is 4.43. The summed E-state index contributed by atoms with van der Waals surface area (Å²) in [5.41, 5.74) is 1.38. The van der Waals surface area contributed by atoms with Gasteiger partial charge in [0.15, 0.2) is 0 Å². The normalized spacial score (nSPS) is 20.4. The molecule has 0 N–H and O–H groups in total. The number of Topliss-reactive ketones (excluding diaryl/α,β-unsaturated/α-hetero) is 1. The van der Waals surface area contributed by atoms with Crippen molar-refractivity contribution in [2.45, 2.75) is 57.5 Å². The average molecular weight is 284 g/mol. The van der Waals surface area contributed by atoms with Crippen molar-refractivity contribution in [1.29, 1.82) is 0 Å². The van der Waals surface area contributed by atoms with Crippen LogP contribution in [0.1, 0.15) is 62.0 Å². The first-order valence-electron chi connectivity index (χ1n) is 6.72. The van der Waals surface area contributed by atoms with Gasteiger partial charge in [-0.2, -0.15) is 13.2 Å². The summed E-state index contributed by atoms with van der Waals surface area (Å²) in [5, 5.41) is 0. The summed E-state index contributed by atoms with van der Waals surface area (Å²) < 4.78 is 37.7. The molecule has 0 radical (unpaired) electrons. The summed E-state index contributed by atoms with van der Waals surface area (Å²) in [6.45, 7) is 8.21. The number of fused-ring (bicyclic) bond motifs is 1. The van der Waals surface area contributed by atoms with Crippen LogP contribution in [0.5, 0.6) is 0 Å². The zero-order chi connectivity index (χ0) is 15.3. The van der Waals surface area contributed by atoms with E-state index < -0.39 is 12.0 Å². The second-order valence-electron chi connectivity index (χ2n) is 6.86. The van der Waals surface area contributed by atoms with Gasteiger partial charge in [-0.3, -0.25) is 4.79 Å². The molecule has 20 heavy (non-hydrogen) atoms. The molecule has 0 amide bonds. The highest BCUT2D eigenvalue weighted by molar-refractivity contribution is 6.00. The van der Waals surface area contributed by atoms with Gasteiger partial charge in [0.05, 0.1) is 0 Å². The van der Waals surface area contributed by atoms with E-state index in [9.17, 15) is 18.0 Å². The number of hydrogen-bond donors (Lipinski definition) is 0. The number of rotatable bonds is 1. The molecule has 110 valence electrons. The minimum atomic E-state index is -4.82. The third-order valence-electron chi connectivity index (χ3n) is 4.37. The monoisotopic (exact) mass is 284 g/mol. The quantitative estimate of drug-likeness (QED) is 0.678. The van der Waals surface area contributed by atoms with Crippen molar-refractivity contribution in [2.24, 2.45) is 0 Å². The van der Waals surface area contributed by atoms with E-state index in [0.29, 0.717) is 0 Å². The van der Waals surface area contributed by atoms with Gasteiger partial charge in [0.25, 0.3) is 5.78 Å². The van der Waals surface area contributed by atoms with Crippen molar-refractivity contribution in [1.82, 2.24) is 0 Å². The molecule has 0 fully saturated rings. The number of ketones is 1. The number of halogens is 3. The Bertz CT molecular complexity index is 553. The van der Waals surface area contributed by atoms with Crippen LogP contribution in [0.4, 0.5) is 13.2 Å². The van der Waals surface area contributed by atoms with Gasteiger partial charge in [-0.15, -0.1) is 0 Å². The van der Waals surface area contributed by atoms with Crippen LogP contribution in [-0.4, -0.2) is 12.0 Å². The van der Waals surface area contributed by atoms with Gasteiger partial charge >= 0.3 is 6.18 Å². The van der Waals surface area contributed by atoms with Gasteiger partial charge in [0, 0.05) is 5.56 Å². The minimum absolute atomic E-state index is 0.0648. The first-order chi connectivity index (χ1) is 8.95. The van der Waals surface area contributed by atoms with Crippen LogP contribution < -0.4 is 0 Å². The fourth-order valence-corrected chi connectivity index (χ4v) is 2.89. The molecule has 0 aliphatic heterocycles. The maximum Gasteiger partial charge on any atom is 0.454 e. The molecule has 0 atom stereocenters. The molecule has 1 nitrogen and oxygen atoms in total. The SMILES string of the molecule is CC1(C)CCC(C)(C)c2cc(C(=O)C(F)(F)F)ccc21. The number of benzene rings is 1. The molecule has 0 unspecified atom stereocenters. The van der Waals surface area contributed by atoms with Gasteiger partial charge in [0.2, 0.25) is 0 Å². The van der Waals surface area contributed by atoms with Gasteiger partial charge in [-0.05, 0) is 40.9 Å². The molecule has 1 aromatic carbocycles. The third-order valence-corrected chi connectivity index (χ3v) is 4.37. The molecule has 1 aromatic rings. The molecule has 0 saturated heterocycles. The van der Waals surface area contributed by atoms with E-state index in [0.717, 1.165) is 24.0 Å². The molecule has 0 saturated carbocycles. The predicted molar refractivity (Wildman–Crippen MR) is 72.1 cm³/mol. The van der Waals surface area contributed by atoms with Crippen LogP contribution >= 0.6 is 0 Å². The van der Waals surface area contributed by atoms with Gasteiger partial charge in [-0.1, -0.05) is 39.8 Å². The molecular weight excluding hydrogens is 265 g/mol. The fraction of sp³-hybridized carbons (Fsp3) is 0.562. The van der Waals surface area contributed by atoms with E-state index in [1.54, 1.807) is 6.07 Å². The van der Waals surface area contributed by atoms with Gasteiger partial charge < -0.3 is 0 Å². The maximum absolute atomic E-state index is 12.6. The highest BCUT2D eigenvalue weighted by Crippen LogP contribution is 2.46. The zero-order valence-corrected chi connectivity index (χ0v) is 12.2. The Morgan fingerprint density at radius 3 is 2.00 bits per heavy atom. The summed E-state index contributed by atoms with van der Waals surface area (Å²) >= 11 is 0. The van der Waals surface area contributed by atoms with Crippen LogP contribution in [0.3, 0.4) is 0 Å². The lowest BCUT2D eigenvalue weighted by molar-refractivity contribution is -0.0885. The molecule has 0 spiro atoms. The lowest BCUT2D eigenvalue weighted by atomic mass is 9.63. The van der Waals surface area contributed by atoms with Crippen molar-refractivity contribution in [3.05, 3.63) is 34.9 Å². The minimum Gasteiger partial charge on any atom is -0.284 e. The van der Waals surface area contributed by atoms with Crippen LogP contribution in [0, 0.1) is 0 Å². The van der Waals surface area contributed by atoms with Crippen LogP contribution in [0.15, 0.2) is 18.2 Å². The summed E-state index contributed by atoms with van der Waals surface area (Å²) in [4.78, 5) is 11.4. The summed E-state index contributed by atoms with van der Waals surface area (Å²) in [6.07, 6.45) is -2.93. The smallest absolute Gasteiger partial charge is 0.284 e. The number of carbonyl (C=O) groups is 1. The van der Waals surface area contributed by atoms with Crippen LogP contribution in [0.25, 0.3) is 0 Å². The summed E-state index contributed by atoms with van der Waals surface area (Å²) in [5.74, 6) is -1.76. The van der Waals surface area contributed by atoms with Gasteiger partial charge in [0.1, 0.15) is 0 Å². The second-order valence-corrected chi connectivity index (χ2v) is 6.86. The van der Waals surface area contributed by atoms with E-state index in [4.69, 9.17) is 0 Å². The Morgan fingerprint density at radius 2 is 1.50 bits per heavy atom. The molecule has 0 heterocycles.